The second-order valence-corrected chi connectivity index (χ2v) is 18.7. The van der Waals surface area contributed by atoms with E-state index < -0.39 is 48.7 Å². The molecule has 1 unspecified atom stereocenters. The number of methoxy groups -OCH3 is 1. The van der Waals surface area contributed by atoms with Crippen LogP contribution in [0.2, 0.25) is 15.3 Å². The van der Waals surface area contributed by atoms with Crippen LogP contribution in [0.3, 0.4) is 0 Å². The zero-order chi connectivity index (χ0) is 50.7. The highest BCUT2D eigenvalue weighted by Crippen LogP contribution is 2.33. The van der Waals surface area contributed by atoms with Crippen molar-refractivity contribution in [2.45, 2.75) is 73.5 Å². The molecule has 21 nitrogen and oxygen atoms in total. The quantitative estimate of drug-likeness (QED) is 0.0434. The number of alkyl halides is 3. The molecule has 0 saturated carbocycles. The van der Waals surface area contributed by atoms with Gasteiger partial charge in [0.25, 0.3) is 0 Å². The van der Waals surface area contributed by atoms with Crippen LogP contribution in [0.5, 0.6) is 0 Å². The number of hydrogen-bond acceptors (Lipinski definition) is 14. The molecule has 0 saturated heterocycles. The number of sulfonamides is 1. The van der Waals surface area contributed by atoms with E-state index in [-0.39, 0.29) is 61.0 Å². The number of aromatic nitrogens is 6. The van der Waals surface area contributed by atoms with Gasteiger partial charge >= 0.3 is 25.8 Å². The normalized spacial score (nSPS) is 11.6. The summed E-state index contributed by atoms with van der Waals surface area (Å²) in [5, 5.41) is 19.9. The number of carboxylic acids is 1. The van der Waals surface area contributed by atoms with Crippen molar-refractivity contribution in [2.75, 3.05) is 65.5 Å². The number of aliphatic carboxylic acids is 1. The second kappa shape index (κ2) is 28.2. The van der Waals surface area contributed by atoms with Crippen molar-refractivity contribution in [1.82, 2.24) is 34.6 Å². The minimum absolute atomic E-state index is 0.0223. The van der Waals surface area contributed by atoms with Crippen molar-refractivity contribution in [3.8, 4) is 5.69 Å². The molecule has 0 aliphatic rings. The van der Waals surface area contributed by atoms with Crippen LogP contribution < -0.4 is 31.3 Å². The number of nitrogens with one attached hydrogen (secondary N) is 4. The number of hydrogen-bond donors (Lipinski definition) is 7. The molecule has 0 spiro atoms. The topological polar surface area (TPSA) is 285 Å². The molecule has 2 aromatic heterocycles. The van der Waals surface area contributed by atoms with Gasteiger partial charge < -0.3 is 35.2 Å². The number of para-hydroxylation sites is 1. The van der Waals surface area contributed by atoms with E-state index >= 15 is 0 Å². The van der Waals surface area contributed by atoms with Crippen LogP contribution in [-0.2, 0) is 35.3 Å². The summed E-state index contributed by atoms with van der Waals surface area (Å²) in [7, 11) is -6.11. The number of carbonyl (C=O) groups is 2. The maximum Gasteiger partial charge on any atom is 0.355 e. The Labute approximate surface area is 400 Å². The number of carboxylic acid groups (broad SMARTS) is 1. The Balaban J connectivity index is 0.000000459. The molecule has 0 radical (unpaired) electrons. The lowest BCUT2D eigenvalue weighted by Gasteiger charge is -2.31. The molecule has 2 heterocycles. The Morgan fingerprint density at radius 3 is 2.12 bits per heavy atom. The highest BCUT2D eigenvalue weighted by molar-refractivity contribution is 7.92. The second-order valence-electron chi connectivity index (χ2n) is 13.9. The van der Waals surface area contributed by atoms with Gasteiger partial charge in [0, 0.05) is 19.7 Å². The summed E-state index contributed by atoms with van der Waals surface area (Å²) in [6.07, 6.45) is 1.18. The highest BCUT2D eigenvalue weighted by atomic mass is 35.5. The first-order valence-electron chi connectivity index (χ1n) is 19.4. The molecule has 4 rings (SSSR count). The average molecular weight is 1060 g/mol. The number of nitrogens with zero attached hydrogens (tertiary/aromatic N) is 7. The van der Waals surface area contributed by atoms with Gasteiger partial charge in [0.15, 0.2) is 0 Å². The summed E-state index contributed by atoms with van der Waals surface area (Å²) in [5.41, 5.74) is 1.94. The van der Waals surface area contributed by atoms with Crippen molar-refractivity contribution in [1.29, 1.82) is 0 Å². The van der Waals surface area contributed by atoms with E-state index in [2.05, 4.69) is 53.7 Å². The Bertz CT molecular complexity index is 2450. The third-order valence-electron chi connectivity index (χ3n) is 7.87. The van der Waals surface area contributed by atoms with Gasteiger partial charge in [-0.1, -0.05) is 48.3 Å². The average Bonchev–Trinajstić information content (AvgIpc) is 3.48. The van der Waals surface area contributed by atoms with Crippen molar-refractivity contribution >= 4 is 99.2 Å². The van der Waals surface area contributed by atoms with Gasteiger partial charge in [-0.3, -0.25) is 24.2 Å². The van der Waals surface area contributed by atoms with Crippen LogP contribution in [-0.4, -0.2) is 122 Å². The lowest BCUT2D eigenvalue weighted by atomic mass is 10.0. The number of halogens is 6. The Morgan fingerprint density at radius 2 is 1.64 bits per heavy atom. The molecule has 0 aliphatic heterocycles. The zero-order valence-corrected chi connectivity index (χ0v) is 42.0. The summed E-state index contributed by atoms with van der Waals surface area (Å²) in [5.74, 6) is -0.491. The van der Waals surface area contributed by atoms with Crippen LogP contribution in [0.15, 0.2) is 35.1 Å². The fraction of sp³-hybridized carbons (Fsp3) is 0.486. The van der Waals surface area contributed by atoms with Crippen LogP contribution >= 0.6 is 54.0 Å². The lowest BCUT2D eigenvalue weighted by Crippen LogP contribution is -2.43. The standard InChI is InChI=1S/C15H22ClNO2.C11H10Cl2F2N4O3S.C8H14ClN5.C3H8NO5P/c1-5-13-8-6-7-11(2)15(13)17(14(18)9-16)12(3)10-19-4;1-5-16-19(11(20)18(5)10(14)15)9-4-8(17-23(2,21)22)6(12)3-7(9)13;1-4-10-7-12-6(9)13-8(14-7)11-5(2)3;5-3(6)1-4-2-10(7,8)9/h6-8,12H,5,9-10H2,1-4H3;3-4,10,17H,1-2H3;5H,4H2,1-3H3,(H2,10,11,12,13,14);4H,1-2H2,(H,5,6)(H2,7,8,9). The molecular weight excluding hydrogens is 1000 g/mol. The maximum atomic E-state index is 12.8. The predicted molar refractivity (Wildman–Crippen MR) is 253 cm³/mol. The van der Waals surface area contributed by atoms with Gasteiger partial charge in [-0.25, -0.2) is 17.8 Å². The van der Waals surface area contributed by atoms with E-state index in [0.717, 1.165) is 42.1 Å². The smallest absolute Gasteiger partial charge is 0.355 e. The first-order chi connectivity index (χ1) is 30.6. The molecule has 0 fully saturated rings. The number of aryl methyl sites for hydroxylation is 3. The van der Waals surface area contributed by atoms with E-state index in [1.54, 1.807) is 12.0 Å². The van der Waals surface area contributed by atoms with E-state index in [0.29, 0.717) is 23.2 Å². The molecule has 0 bridgehead atoms. The minimum atomic E-state index is -4.10. The van der Waals surface area contributed by atoms with E-state index in [1.165, 1.54) is 13.0 Å². The molecule has 66 heavy (non-hydrogen) atoms. The SMILES string of the molecule is CCNc1nc(Cl)nc(NC(C)C)n1.CCc1cccc(C)c1N(C(=O)CCl)C(C)COC.Cc1nn(-c2cc(NS(C)(=O)=O)c(Cl)cc2Cl)c(=O)n1C(F)F.O=C(O)CNCP(=O)(O)O. The molecule has 370 valence electrons. The monoisotopic (exact) mass is 1050 g/mol. The number of anilines is 4. The maximum absolute atomic E-state index is 12.8. The largest absolute Gasteiger partial charge is 0.480 e. The summed E-state index contributed by atoms with van der Waals surface area (Å²) < 4.78 is 66.5. The third kappa shape index (κ3) is 20.7. The van der Waals surface area contributed by atoms with Crippen LogP contribution in [0, 0.1) is 13.8 Å². The van der Waals surface area contributed by atoms with Crippen LogP contribution in [0.1, 0.15) is 58.1 Å². The Kier molecular flexibility index (Phi) is 25.5. The van der Waals surface area contributed by atoms with E-state index in [9.17, 15) is 36.1 Å². The van der Waals surface area contributed by atoms with Crippen molar-refractivity contribution in [2.24, 2.45) is 0 Å². The molecule has 4 aromatic rings. The van der Waals surface area contributed by atoms with Gasteiger partial charge in [0.2, 0.25) is 33.1 Å². The molecule has 1 amide bonds. The number of rotatable bonds is 18. The van der Waals surface area contributed by atoms with Crippen molar-refractivity contribution in [3.63, 3.8) is 0 Å². The third-order valence-corrected chi connectivity index (χ3v) is 10.1. The molecule has 0 aliphatic carbocycles. The fourth-order valence-electron chi connectivity index (χ4n) is 5.37. The number of carbonyl (C=O) groups excluding carboxylic acids is 1. The van der Waals surface area contributed by atoms with Gasteiger partial charge in [-0.05, 0) is 82.8 Å². The molecule has 1 atom stereocenters. The van der Waals surface area contributed by atoms with E-state index in [1.807, 2.05) is 46.8 Å². The van der Waals surface area contributed by atoms with Crippen LogP contribution in [0.4, 0.5) is 32.1 Å². The molecule has 29 heteroatoms. The number of amides is 1. The first kappa shape index (κ1) is 59.8. The lowest BCUT2D eigenvalue weighted by molar-refractivity contribution is -0.135. The summed E-state index contributed by atoms with van der Waals surface area (Å²) in [4.78, 5) is 64.1. The van der Waals surface area contributed by atoms with Crippen molar-refractivity contribution < 1.29 is 51.0 Å². The highest BCUT2D eigenvalue weighted by Gasteiger charge is 2.25. The summed E-state index contributed by atoms with van der Waals surface area (Å²) >= 11 is 23.3. The van der Waals surface area contributed by atoms with Gasteiger partial charge in [0.05, 0.1) is 58.8 Å². The summed E-state index contributed by atoms with van der Waals surface area (Å²) in [6, 6.07) is 8.62. The van der Waals surface area contributed by atoms with Crippen LogP contribution in [0.25, 0.3) is 5.69 Å². The number of benzene rings is 2. The minimum Gasteiger partial charge on any atom is -0.480 e. The number of ether oxygens (including phenoxy) is 1. The zero-order valence-electron chi connectivity index (χ0n) is 37.3. The van der Waals surface area contributed by atoms with Gasteiger partial charge in [-0.2, -0.15) is 28.4 Å². The fourth-order valence-corrected chi connectivity index (χ4v) is 7.20. The molecule has 7 N–H and O–H groups in total. The summed E-state index contributed by atoms with van der Waals surface area (Å²) in [6.45, 7) is 11.0. The Morgan fingerprint density at radius 1 is 1.02 bits per heavy atom. The van der Waals surface area contributed by atoms with E-state index in [4.69, 9.17) is 66.0 Å². The Hall–Kier alpha value is -4.23. The first-order valence-corrected chi connectivity index (χ1v) is 24.7. The van der Waals surface area contributed by atoms with Crippen molar-refractivity contribution in [3.05, 3.63) is 73.1 Å². The molecule has 2 aromatic carbocycles. The van der Waals surface area contributed by atoms with Gasteiger partial charge in [-0.15, -0.1) is 16.7 Å². The predicted octanol–water partition coefficient (Wildman–Crippen LogP) is 6.15. The molecular formula is C37H54Cl4F2N11O10PS. The van der Waals surface area contributed by atoms with Gasteiger partial charge in [0.1, 0.15) is 11.7 Å².